The Kier molecular flexibility index (Phi) is 5.16. The molecule has 29 heavy (non-hydrogen) atoms. The number of anilines is 1. The van der Waals surface area contributed by atoms with Crippen LogP contribution in [-0.2, 0) is 4.79 Å². The number of rotatable bonds is 4. The second-order valence-corrected chi connectivity index (χ2v) is 6.70. The summed E-state index contributed by atoms with van der Waals surface area (Å²) in [5.74, 6) is -0.0252. The molecule has 0 aromatic carbocycles. The smallest absolute Gasteiger partial charge is 0.224 e. The van der Waals surface area contributed by atoms with E-state index in [1.807, 2.05) is 68.5 Å². The van der Waals surface area contributed by atoms with Gasteiger partial charge in [0.25, 0.3) is 0 Å². The molecule has 1 aliphatic rings. The first-order valence-electron chi connectivity index (χ1n) is 9.49. The number of carbonyl (C=O) groups is 1. The predicted molar refractivity (Wildman–Crippen MR) is 116 cm³/mol. The van der Waals surface area contributed by atoms with E-state index >= 15 is 0 Å². The number of carbonyl (C=O) groups excluding carboxylic acids is 1. The highest BCUT2D eigenvalue weighted by molar-refractivity contribution is 5.95. The van der Waals surface area contributed by atoms with E-state index in [0.29, 0.717) is 6.42 Å². The van der Waals surface area contributed by atoms with E-state index in [1.54, 1.807) is 12.4 Å². The third-order valence-corrected chi connectivity index (χ3v) is 4.67. The van der Waals surface area contributed by atoms with E-state index in [2.05, 4.69) is 25.5 Å². The van der Waals surface area contributed by atoms with Crippen LogP contribution in [0.4, 0.5) is 5.69 Å². The molecule has 3 aromatic rings. The minimum Gasteiger partial charge on any atom is -0.325 e. The molecule has 2 N–H and O–H groups in total. The third-order valence-electron chi connectivity index (χ3n) is 4.67. The van der Waals surface area contributed by atoms with Crippen molar-refractivity contribution in [1.29, 1.82) is 0 Å². The van der Waals surface area contributed by atoms with Crippen LogP contribution in [0.25, 0.3) is 29.1 Å². The number of nitrogens with one attached hydrogen (secondary N) is 2. The number of allylic oxidation sites excluding steroid dienone is 4. The molecule has 0 aliphatic heterocycles. The summed E-state index contributed by atoms with van der Waals surface area (Å²) in [4.78, 5) is 20.9. The van der Waals surface area contributed by atoms with E-state index < -0.39 is 0 Å². The van der Waals surface area contributed by atoms with E-state index in [0.717, 1.165) is 45.2 Å². The highest BCUT2D eigenvalue weighted by atomic mass is 16.1. The highest BCUT2D eigenvalue weighted by Crippen LogP contribution is 2.30. The van der Waals surface area contributed by atoms with Crippen LogP contribution >= 0.6 is 0 Å². The maximum atomic E-state index is 11.8. The summed E-state index contributed by atoms with van der Waals surface area (Å²) in [5, 5.41) is 10.2. The first kappa shape index (κ1) is 18.6. The molecule has 3 aromatic heterocycles. The molecule has 3 heterocycles. The average Bonchev–Trinajstić information content (AvgIpc) is 3.19. The van der Waals surface area contributed by atoms with Gasteiger partial charge in [-0.3, -0.25) is 19.9 Å². The minimum absolute atomic E-state index is 0.0252. The number of hydrogen-bond acceptors (Lipinski definition) is 4. The van der Waals surface area contributed by atoms with Crippen LogP contribution in [0.1, 0.15) is 35.9 Å². The molecule has 0 saturated carbocycles. The molecular weight excluding hydrogens is 362 g/mol. The normalized spacial score (nSPS) is 15.6. The zero-order valence-corrected chi connectivity index (χ0v) is 16.3. The van der Waals surface area contributed by atoms with Crippen LogP contribution in [0.5, 0.6) is 0 Å². The van der Waals surface area contributed by atoms with Crippen molar-refractivity contribution in [2.75, 3.05) is 5.32 Å². The lowest BCUT2D eigenvalue weighted by atomic mass is 10.00. The van der Waals surface area contributed by atoms with Gasteiger partial charge in [-0.1, -0.05) is 37.3 Å². The number of pyridine rings is 2. The van der Waals surface area contributed by atoms with Crippen molar-refractivity contribution in [2.45, 2.75) is 20.3 Å². The third kappa shape index (κ3) is 3.91. The molecule has 0 saturated heterocycles. The first-order chi connectivity index (χ1) is 14.2. The summed E-state index contributed by atoms with van der Waals surface area (Å²) in [5.41, 5.74) is 7.05. The van der Waals surface area contributed by atoms with Gasteiger partial charge in [-0.05, 0) is 36.8 Å². The van der Waals surface area contributed by atoms with Crippen LogP contribution < -0.4 is 5.32 Å². The standard InChI is InChI=1S/C23H21N5O/c1-3-22(29)27-20-12-13-24-19-11-10-16(7-5-8-17(19)20)18-14-25-28-23(18)21-9-4-6-15(2)26-21/h4-14H,3H2,1-2H3,(H,25,28)(H,24,27,29). The number of aromatic amines is 1. The number of aryl methyl sites for hydroxylation is 1. The summed E-state index contributed by atoms with van der Waals surface area (Å²) in [6, 6.07) is 7.73. The SMILES string of the molecule is CCC(=O)Nc1ccnc2c1/C=C/C=C(\c1cn[nH]c1-c1cccc(C)n1)C=C2. The maximum Gasteiger partial charge on any atom is 0.224 e. The first-order valence-corrected chi connectivity index (χ1v) is 9.49. The molecule has 0 fully saturated rings. The Labute approximate surface area is 169 Å². The predicted octanol–water partition coefficient (Wildman–Crippen LogP) is 4.65. The van der Waals surface area contributed by atoms with Gasteiger partial charge in [-0.2, -0.15) is 5.10 Å². The monoisotopic (exact) mass is 383 g/mol. The fourth-order valence-electron chi connectivity index (χ4n) is 3.18. The molecule has 1 amide bonds. The molecule has 144 valence electrons. The largest absolute Gasteiger partial charge is 0.325 e. The molecule has 6 nitrogen and oxygen atoms in total. The van der Waals surface area contributed by atoms with Crippen molar-refractivity contribution in [3.63, 3.8) is 0 Å². The molecule has 6 heteroatoms. The van der Waals surface area contributed by atoms with Gasteiger partial charge in [0, 0.05) is 29.4 Å². The van der Waals surface area contributed by atoms with Gasteiger partial charge in [0.1, 0.15) is 0 Å². The molecular formula is C23H21N5O. The maximum absolute atomic E-state index is 11.8. The Morgan fingerprint density at radius 1 is 1.17 bits per heavy atom. The number of amides is 1. The molecule has 0 unspecified atom stereocenters. The van der Waals surface area contributed by atoms with E-state index in [-0.39, 0.29) is 5.91 Å². The van der Waals surface area contributed by atoms with Crippen molar-refractivity contribution in [2.24, 2.45) is 0 Å². The fraction of sp³-hybridized carbons (Fsp3) is 0.130. The average molecular weight is 383 g/mol. The minimum atomic E-state index is -0.0252. The molecule has 0 bridgehead atoms. The number of H-pyrrole nitrogens is 1. The topological polar surface area (TPSA) is 83.6 Å². The Morgan fingerprint density at radius 3 is 2.90 bits per heavy atom. The van der Waals surface area contributed by atoms with Gasteiger partial charge in [-0.25, -0.2) is 0 Å². The van der Waals surface area contributed by atoms with E-state index in [1.165, 1.54) is 0 Å². The van der Waals surface area contributed by atoms with Crippen molar-refractivity contribution < 1.29 is 4.79 Å². The molecule has 1 aliphatic carbocycles. The van der Waals surface area contributed by atoms with Crippen LogP contribution in [0.3, 0.4) is 0 Å². The molecule has 0 radical (unpaired) electrons. The summed E-state index contributed by atoms with van der Waals surface area (Å²) in [6.45, 7) is 3.80. The number of fused-ring (bicyclic) bond motifs is 1. The number of nitrogens with zero attached hydrogens (tertiary/aromatic N) is 3. The Hall–Kier alpha value is -3.80. The molecule has 4 rings (SSSR count). The van der Waals surface area contributed by atoms with Crippen LogP contribution in [-0.4, -0.2) is 26.1 Å². The molecule has 0 spiro atoms. The summed E-state index contributed by atoms with van der Waals surface area (Å²) in [6.07, 6.45) is 13.8. The van der Waals surface area contributed by atoms with Crippen LogP contribution in [0.15, 0.2) is 54.9 Å². The molecule has 0 atom stereocenters. The van der Waals surface area contributed by atoms with Crippen molar-refractivity contribution >= 4 is 29.3 Å². The van der Waals surface area contributed by atoms with Gasteiger partial charge < -0.3 is 5.32 Å². The highest BCUT2D eigenvalue weighted by Gasteiger charge is 2.14. The lowest BCUT2D eigenvalue weighted by Gasteiger charge is -2.11. The summed E-state index contributed by atoms with van der Waals surface area (Å²) >= 11 is 0. The number of aromatic nitrogens is 4. The zero-order valence-electron chi connectivity index (χ0n) is 16.3. The van der Waals surface area contributed by atoms with Crippen molar-refractivity contribution in [1.82, 2.24) is 20.2 Å². The summed E-state index contributed by atoms with van der Waals surface area (Å²) in [7, 11) is 0. The van der Waals surface area contributed by atoms with Gasteiger partial charge in [-0.15, -0.1) is 0 Å². The lowest BCUT2D eigenvalue weighted by molar-refractivity contribution is -0.115. The van der Waals surface area contributed by atoms with Crippen molar-refractivity contribution in [3.8, 4) is 11.4 Å². The summed E-state index contributed by atoms with van der Waals surface area (Å²) < 4.78 is 0. The quantitative estimate of drug-likeness (QED) is 0.687. The van der Waals surface area contributed by atoms with E-state index in [4.69, 9.17) is 0 Å². The van der Waals surface area contributed by atoms with Gasteiger partial charge in [0.05, 0.1) is 29.0 Å². The zero-order chi connectivity index (χ0) is 20.2. The lowest BCUT2D eigenvalue weighted by Crippen LogP contribution is -2.11. The van der Waals surface area contributed by atoms with Gasteiger partial charge in [0.2, 0.25) is 5.91 Å². The van der Waals surface area contributed by atoms with Crippen LogP contribution in [0.2, 0.25) is 0 Å². The van der Waals surface area contributed by atoms with Crippen molar-refractivity contribution in [3.05, 3.63) is 77.4 Å². The Bertz CT molecular complexity index is 1150. The Morgan fingerprint density at radius 2 is 2.07 bits per heavy atom. The second kappa shape index (κ2) is 8.06. The van der Waals surface area contributed by atoms with E-state index in [9.17, 15) is 4.79 Å². The van der Waals surface area contributed by atoms with Crippen LogP contribution in [0, 0.1) is 6.92 Å². The number of hydrogen-bond donors (Lipinski definition) is 2. The van der Waals surface area contributed by atoms with Gasteiger partial charge in [0.15, 0.2) is 0 Å². The Balaban J connectivity index is 1.71. The second-order valence-electron chi connectivity index (χ2n) is 6.70. The fourth-order valence-corrected chi connectivity index (χ4v) is 3.18. The van der Waals surface area contributed by atoms with Gasteiger partial charge >= 0.3 is 0 Å².